The van der Waals surface area contributed by atoms with Crippen molar-refractivity contribution in [2.75, 3.05) is 0 Å². The van der Waals surface area contributed by atoms with Crippen molar-refractivity contribution in [3.63, 3.8) is 0 Å². The summed E-state index contributed by atoms with van der Waals surface area (Å²) in [4.78, 5) is 15.6. The lowest BCUT2D eigenvalue weighted by atomic mass is 9.84. The lowest BCUT2D eigenvalue weighted by molar-refractivity contribution is 0.603. The molecule has 0 saturated heterocycles. The fourth-order valence-electron chi connectivity index (χ4n) is 7.73. The molecule has 0 fully saturated rings. The summed E-state index contributed by atoms with van der Waals surface area (Å²) >= 11 is 0. The summed E-state index contributed by atoms with van der Waals surface area (Å²) in [5.74, 6) is 2.99. The second kappa shape index (κ2) is 11.8. The first-order chi connectivity index (χ1) is 25.2. The van der Waals surface area contributed by atoms with Gasteiger partial charge in [0.2, 0.25) is 5.95 Å². The topological polar surface area (TPSA) is 56.7 Å². The molecule has 3 heterocycles. The van der Waals surface area contributed by atoms with Crippen LogP contribution in [0.2, 0.25) is 0 Å². The summed E-state index contributed by atoms with van der Waals surface area (Å²) < 4.78 is 8.91. The standard InChI is InChI=1S/C46H32N4O/c1-29-27-38-36-19-8-10-21-39(36)50(42(38)43-41(29)37-20-9-11-22-40(37)51-43)46-48-44(33-15-6-3-7-16-33)47-45(49-46)35-18-12-17-34(28-35)32-25-23-31(24-26-32)30-13-4-2-5-14-30/h2-26,28-29H,27H2,1H3. The zero-order chi connectivity index (χ0) is 33.9. The molecule has 5 heteroatoms. The maximum absolute atomic E-state index is 6.72. The smallest absolute Gasteiger partial charge is 0.238 e. The first-order valence-corrected chi connectivity index (χ1v) is 17.4. The third kappa shape index (κ3) is 4.89. The van der Waals surface area contributed by atoms with Crippen LogP contribution in [0.4, 0.5) is 0 Å². The molecule has 9 aromatic rings. The quantitative estimate of drug-likeness (QED) is 0.185. The zero-order valence-electron chi connectivity index (χ0n) is 28.0. The molecule has 6 aromatic carbocycles. The van der Waals surface area contributed by atoms with Gasteiger partial charge < -0.3 is 4.42 Å². The largest absolute Gasteiger partial charge is 0.454 e. The summed E-state index contributed by atoms with van der Waals surface area (Å²) in [5.41, 5.74) is 11.9. The highest BCUT2D eigenvalue weighted by molar-refractivity contribution is 5.98. The van der Waals surface area contributed by atoms with E-state index in [1.165, 1.54) is 27.6 Å². The lowest BCUT2D eigenvalue weighted by Crippen LogP contribution is -2.11. The van der Waals surface area contributed by atoms with Crippen LogP contribution < -0.4 is 0 Å². The molecule has 0 spiro atoms. The Bertz CT molecular complexity index is 2730. The Labute approximate surface area is 295 Å². The molecule has 242 valence electrons. The molecular weight excluding hydrogens is 625 g/mol. The Kier molecular flexibility index (Phi) is 6.78. The summed E-state index contributed by atoms with van der Waals surface area (Å²) in [6.45, 7) is 2.30. The highest BCUT2D eigenvalue weighted by Gasteiger charge is 2.34. The average molecular weight is 657 g/mol. The first kappa shape index (κ1) is 29.3. The van der Waals surface area contributed by atoms with E-state index >= 15 is 0 Å². The van der Waals surface area contributed by atoms with Gasteiger partial charge in [-0.15, -0.1) is 0 Å². The second-order valence-electron chi connectivity index (χ2n) is 13.3. The molecular formula is C46H32N4O. The number of nitrogens with zero attached hydrogens (tertiary/aromatic N) is 4. The number of furan rings is 1. The molecule has 10 rings (SSSR count). The molecule has 0 N–H and O–H groups in total. The maximum atomic E-state index is 6.72. The number of hydrogen-bond acceptors (Lipinski definition) is 4. The molecule has 0 aliphatic heterocycles. The van der Waals surface area contributed by atoms with Crippen molar-refractivity contribution in [1.29, 1.82) is 0 Å². The van der Waals surface area contributed by atoms with Crippen molar-refractivity contribution in [2.45, 2.75) is 19.3 Å². The summed E-state index contributed by atoms with van der Waals surface area (Å²) in [5, 5.41) is 2.35. The van der Waals surface area contributed by atoms with Crippen molar-refractivity contribution >= 4 is 21.9 Å². The van der Waals surface area contributed by atoms with Crippen LogP contribution in [0.25, 0.3) is 84.3 Å². The van der Waals surface area contributed by atoms with E-state index in [1.807, 2.05) is 30.3 Å². The van der Waals surface area contributed by atoms with Crippen LogP contribution in [0, 0.1) is 0 Å². The molecule has 51 heavy (non-hydrogen) atoms. The van der Waals surface area contributed by atoms with Crippen molar-refractivity contribution in [2.24, 2.45) is 0 Å². The Balaban J connectivity index is 1.17. The van der Waals surface area contributed by atoms with E-state index < -0.39 is 0 Å². The molecule has 1 aliphatic carbocycles. The van der Waals surface area contributed by atoms with Gasteiger partial charge in [-0.25, -0.2) is 4.98 Å². The maximum Gasteiger partial charge on any atom is 0.238 e. The van der Waals surface area contributed by atoms with Crippen LogP contribution in [0.3, 0.4) is 0 Å². The monoisotopic (exact) mass is 656 g/mol. The third-order valence-electron chi connectivity index (χ3n) is 10.1. The van der Waals surface area contributed by atoms with Crippen LogP contribution >= 0.6 is 0 Å². The Hall–Kier alpha value is -6.59. The van der Waals surface area contributed by atoms with Crippen molar-refractivity contribution in [1.82, 2.24) is 19.5 Å². The van der Waals surface area contributed by atoms with Crippen molar-refractivity contribution in [3.05, 3.63) is 169 Å². The number of fused-ring (bicyclic) bond motifs is 7. The minimum absolute atomic E-state index is 0.300. The first-order valence-electron chi connectivity index (χ1n) is 17.4. The van der Waals surface area contributed by atoms with E-state index in [9.17, 15) is 0 Å². The van der Waals surface area contributed by atoms with Gasteiger partial charge in [0.25, 0.3) is 0 Å². The SMILES string of the molecule is CC1Cc2c(n(-c3nc(-c4ccccc4)nc(-c4cccc(-c5ccc(-c6ccccc6)cc5)c4)n3)c3ccccc23)-c2oc3ccccc3c21. The predicted octanol–water partition coefficient (Wildman–Crippen LogP) is 11.6. The normalized spacial score (nSPS) is 13.7. The number of benzene rings is 6. The Morgan fingerprint density at radius 1 is 0.529 bits per heavy atom. The van der Waals surface area contributed by atoms with Crippen LogP contribution in [-0.2, 0) is 6.42 Å². The van der Waals surface area contributed by atoms with Gasteiger partial charge in [-0.2, -0.15) is 9.97 Å². The average Bonchev–Trinajstić information content (AvgIpc) is 3.75. The summed E-state index contributed by atoms with van der Waals surface area (Å²) in [6.07, 6.45) is 0.897. The molecule has 3 aromatic heterocycles. The fourth-order valence-corrected chi connectivity index (χ4v) is 7.73. The third-order valence-corrected chi connectivity index (χ3v) is 10.1. The number of para-hydroxylation sites is 2. The van der Waals surface area contributed by atoms with Gasteiger partial charge in [0.05, 0.1) is 11.2 Å². The lowest BCUT2D eigenvalue weighted by Gasteiger charge is -2.21. The molecule has 1 unspecified atom stereocenters. The number of hydrogen-bond donors (Lipinski definition) is 0. The number of rotatable bonds is 5. The van der Waals surface area contributed by atoms with Gasteiger partial charge in [-0.3, -0.25) is 4.57 Å². The summed E-state index contributed by atoms with van der Waals surface area (Å²) in [6, 6.07) is 54.7. The predicted molar refractivity (Wildman–Crippen MR) is 206 cm³/mol. The molecule has 5 nitrogen and oxygen atoms in total. The van der Waals surface area contributed by atoms with Crippen molar-refractivity contribution < 1.29 is 4.42 Å². The van der Waals surface area contributed by atoms with E-state index in [-0.39, 0.29) is 0 Å². The van der Waals surface area contributed by atoms with E-state index in [0.717, 1.165) is 56.6 Å². The van der Waals surface area contributed by atoms with Gasteiger partial charge in [0.15, 0.2) is 17.4 Å². The fraction of sp³-hybridized carbons (Fsp3) is 0.0652. The second-order valence-corrected chi connectivity index (χ2v) is 13.3. The van der Waals surface area contributed by atoms with E-state index in [0.29, 0.717) is 23.5 Å². The van der Waals surface area contributed by atoms with Crippen LogP contribution in [0.1, 0.15) is 24.0 Å². The molecule has 0 saturated carbocycles. The van der Waals surface area contributed by atoms with E-state index in [2.05, 4.69) is 139 Å². The van der Waals surface area contributed by atoms with Crippen LogP contribution in [-0.4, -0.2) is 19.5 Å². The van der Waals surface area contributed by atoms with Crippen molar-refractivity contribution in [3.8, 4) is 62.4 Å². The van der Waals surface area contributed by atoms with E-state index in [4.69, 9.17) is 19.4 Å². The summed E-state index contributed by atoms with van der Waals surface area (Å²) in [7, 11) is 0. The van der Waals surface area contributed by atoms with Gasteiger partial charge >= 0.3 is 0 Å². The van der Waals surface area contributed by atoms with Gasteiger partial charge in [0, 0.05) is 27.5 Å². The van der Waals surface area contributed by atoms with Gasteiger partial charge in [-0.05, 0) is 58.4 Å². The van der Waals surface area contributed by atoms with E-state index in [1.54, 1.807) is 0 Å². The minimum atomic E-state index is 0.300. The highest BCUT2D eigenvalue weighted by Crippen LogP contribution is 2.49. The van der Waals surface area contributed by atoms with Crippen LogP contribution in [0.15, 0.2) is 162 Å². The molecule has 0 bridgehead atoms. The van der Waals surface area contributed by atoms with Crippen LogP contribution in [0.5, 0.6) is 0 Å². The number of aromatic nitrogens is 4. The zero-order valence-corrected chi connectivity index (χ0v) is 28.0. The Morgan fingerprint density at radius 2 is 1.10 bits per heavy atom. The Morgan fingerprint density at radius 3 is 1.86 bits per heavy atom. The molecule has 0 amide bonds. The van der Waals surface area contributed by atoms with Gasteiger partial charge in [0.1, 0.15) is 5.58 Å². The highest BCUT2D eigenvalue weighted by atomic mass is 16.3. The van der Waals surface area contributed by atoms with Gasteiger partial charge in [-0.1, -0.05) is 146 Å². The molecule has 1 atom stereocenters. The molecule has 0 radical (unpaired) electrons. The minimum Gasteiger partial charge on any atom is -0.454 e. The molecule has 1 aliphatic rings.